The fraction of sp³-hybridized carbons (Fsp3) is 0.120. The molecule has 2 atom stereocenters. The van der Waals surface area contributed by atoms with E-state index in [1.165, 1.54) is 17.7 Å². The van der Waals surface area contributed by atoms with Gasteiger partial charge in [0.1, 0.15) is 11.9 Å². The molecule has 1 aliphatic rings. The molecule has 31 heavy (non-hydrogen) atoms. The molecule has 0 amide bonds. The van der Waals surface area contributed by atoms with Gasteiger partial charge in [-0.05, 0) is 79.8 Å². The van der Waals surface area contributed by atoms with Crippen molar-refractivity contribution in [1.29, 1.82) is 0 Å². The minimum absolute atomic E-state index is 0.134. The summed E-state index contributed by atoms with van der Waals surface area (Å²) in [4.78, 5) is 6.75. The summed E-state index contributed by atoms with van der Waals surface area (Å²) in [5.41, 5.74) is 5.04. The van der Waals surface area contributed by atoms with Gasteiger partial charge in [0.05, 0.1) is 11.7 Å². The molecule has 0 saturated carbocycles. The Labute approximate surface area is 186 Å². The fourth-order valence-corrected chi connectivity index (χ4v) is 4.46. The number of hydrogen-bond acceptors (Lipinski definition) is 2. The van der Waals surface area contributed by atoms with Crippen LogP contribution in [0.15, 0.2) is 91.3 Å². The number of nitrogens with one attached hydrogen (secondary N) is 1. The summed E-state index contributed by atoms with van der Waals surface area (Å²) in [6.07, 6.45) is 3.79. The zero-order valence-electron chi connectivity index (χ0n) is 16.9. The number of nitrogens with zero attached hydrogens (tertiary/aromatic N) is 3. The van der Waals surface area contributed by atoms with Gasteiger partial charge in [-0.3, -0.25) is 4.98 Å². The first-order valence-electron chi connectivity index (χ1n) is 10.1. The molecule has 1 fully saturated rings. The molecule has 3 heterocycles. The van der Waals surface area contributed by atoms with Crippen LogP contribution >= 0.6 is 12.2 Å². The molecule has 4 nitrogen and oxygen atoms in total. The molecular formula is C25H21FN4S. The maximum absolute atomic E-state index is 13.5. The number of halogens is 1. The van der Waals surface area contributed by atoms with E-state index in [-0.39, 0.29) is 17.9 Å². The number of benzene rings is 2. The van der Waals surface area contributed by atoms with Gasteiger partial charge < -0.3 is 14.8 Å². The van der Waals surface area contributed by atoms with E-state index >= 15 is 0 Å². The van der Waals surface area contributed by atoms with Crippen LogP contribution in [0.3, 0.4) is 0 Å². The number of aryl methyl sites for hydroxylation is 1. The molecular weight excluding hydrogens is 407 g/mol. The lowest BCUT2D eigenvalue weighted by Gasteiger charge is -2.29. The Bertz CT molecular complexity index is 1200. The zero-order valence-corrected chi connectivity index (χ0v) is 17.8. The van der Waals surface area contributed by atoms with Crippen LogP contribution in [0.2, 0.25) is 0 Å². The third kappa shape index (κ3) is 3.59. The number of rotatable bonds is 4. The van der Waals surface area contributed by atoms with Crippen LogP contribution in [-0.4, -0.2) is 14.7 Å². The third-order valence-corrected chi connectivity index (χ3v) is 5.91. The van der Waals surface area contributed by atoms with E-state index < -0.39 is 0 Å². The van der Waals surface area contributed by atoms with Gasteiger partial charge >= 0.3 is 0 Å². The molecule has 0 radical (unpaired) electrons. The van der Waals surface area contributed by atoms with Crippen molar-refractivity contribution in [2.75, 3.05) is 4.90 Å². The predicted molar refractivity (Wildman–Crippen MR) is 125 cm³/mol. The lowest BCUT2D eigenvalue weighted by molar-refractivity contribution is 0.549. The smallest absolute Gasteiger partial charge is 0.174 e. The van der Waals surface area contributed by atoms with E-state index in [4.69, 9.17) is 12.2 Å². The number of thiocarbonyl (C=S) groups is 1. The van der Waals surface area contributed by atoms with E-state index in [1.54, 1.807) is 18.3 Å². The molecule has 1 aliphatic heterocycles. The molecule has 2 aromatic heterocycles. The second-order valence-electron chi connectivity index (χ2n) is 7.61. The van der Waals surface area contributed by atoms with Crippen LogP contribution in [0.1, 0.15) is 29.0 Å². The van der Waals surface area contributed by atoms with E-state index in [9.17, 15) is 4.39 Å². The lowest BCUT2D eigenvalue weighted by Crippen LogP contribution is -2.30. The van der Waals surface area contributed by atoms with E-state index in [0.29, 0.717) is 5.11 Å². The van der Waals surface area contributed by atoms with Gasteiger partial charge in [-0.2, -0.15) is 0 Å². The molecule has 0 spiro atoms. The lowest BCUT2D eigenvalue weighted by atomic mass is 10.0. The Morgan fingerprint density at radius 2 is 1.65 bits per heavy atom. The van der Waals surface area contributed by atoms with Crippen LogP contribution in [0.4, 0.5) is 10.1 Å². The maximum atomic E-state index is 13.5. The first kappa shape index (κ1) is 19.5. The highest BCUT2D eigenvalue weighted by molar-refractivity contribution is 7.80. The van der Waals surface area contributed by atoms with Crippen LogP contribution in [0, 0.1) is 12.7 Å². The molecule has 4 aromatic rings. The van der Waals surface area contributed by atoms with Crippen molar-refractivity contribution in [3.8, 4) is 5.69 Å². The van der Waals surface area contributed by atoms with Gasteiger partial charge in [0.15, 0.2) is 5.11 Å². The van der Waals surface area contributed by atoms with Crippen molar-refractivity contribution in [1.82, 2.24) is 14.9 Å². The average molecular weight is 429 g/mol. The molecule has 0 aliphatic carbocycles. The van der Waals surface area contributed by atoms with E-state index in [1.807, 2.05) is 30.5 Å². The fourth-order valence-electron chi connectivity index (χ4n) is 4.11. The number of aromatic nitrogens is 2. The number of pyridine rings is 1. The van der Waals surface area contributed by atoms with Gasteiger partial charge in [-0.1, -0.05) is 23.8 Å². The Balaban J connectivity index is 1.66. The quantitative estimate of drug-likeness (QED) is 0.435. The number of anilines is 1. The highest BCUT2D eigenvalue weighted by atomic mass is 32.1. The molecule has 0 unspecified atom stereocenters. The number of hydrogen-bond donors (Lipinski definition) is 1. The van der Waals surface area contributed by atoms with E-state index in [0.717, 1.165) is 22.8 Å². The predicted octanol–water partition coefficient (Wildman–Crippen LogP) is 5.50. The SMILES string of the molecule is Cc1ccc(N2C(=S)N[C@H](c3ccccn3)[C@@H]2c2cccn2-c2ccc(F)cc2)cc1. The topological polar surface area (TPSA) is 33.1 Å². The summed E-state index contributed by atoms with van der Waals surface area (Å²) in [5, 5.41) is 4.13. The largest absolute Gasteiger partial charge is 0.351 e. The van der Waals surface area contributed by atoms with Gasteiger partial charge in [-0.15, -0.1) is 0 Å². The zero-order chi connectivity index (χ0) is 21.4. The maximum Gasteiger partial charge on any atom is 0.174 e. The molecule has 1 saturated heterocycles. The summed E-state index contributed by atoms with van der Waals surface area (Å²) in [5.74, 6) is -0.256. The van der Waals surface area contributed by atoms with Crippen molar-refractivity contribution < 1.29 is 4.39 Å². The highest BCUT2D eigenvalue weighted by Gasteiger charge is 2.42. The minimum Gasteiger partial charge on any atom is -0.351 e. The monoisotopic (exact) mass is 428 g/mol. The van der Waals surface area contributed by atoms with E-state index in [2.05, 4.69) is 57.0 Å². The molecule has 5 rings (SSSR count). The van der Waals surface area contributed by atoms with Crippen LogP contribution in [-0.2, 0) is 0 Å². The standard InChI is InChI=1S/C25H21FN4S/c1-17-7-11-20(12-8-17)30-24(23(28-25(30)31)21-5-2-3-15-27-21)22-6-4-16-29(22)19-13-9-18(26)10-14-19/h2-16,23-24H,1H3,(H,28,31)/t23-,24+/m1/s1. The first-order chi connectivity index (χ1) is 15.1. The van der Waals surface area contributed by atoms with Crippen LogP contribution < -0.4 is 10.2 Å². The van der Waals surface area contributed by atoms with Crippen LogP contribution in [0.25, 0.3) is 5.69 Å². The second-order valence-corrected chi connectivity index (χ2v) is 8.00. The highest BCUT2D eigenvalue weighted by Crippen LogP contribution is 2.42. The molecule has 0 bridgehead atoms. The van der Waals surface area contributed by atoms with Gasteiger partial charge in [0, 0.05) is 29.5 Å². The Morgan fingerprint density at radius 1 is 0.903 bits per heavy atom. The molecule has 6 heteroatoms. The molecule has 1 N–H and O–H groups in total. The van der Waals surface area contributed by atoms with Crippen molar-refractivity contribution in [2.45, 2.75) is 19.0 Å². The first-order valence-corrected chi connectivity index (χ1v) is 10.5. The molecule has 2 aromatic carbocycles. The summed E-state index contributed by atoms with van der Waals surface area (Å²) in [6.45, 7) is 2.07. The summed E-state index contributed by atoms with van der Waals surface area (Å²) in [7, 11) is 0. The van der Waals surface area contributed by atoms with Crippen molar-refractivity contribution in [2.24, 2.45) is 0 Å². The van der Waals surface area contributed by atoms with Gasteiger partial charge in [-0.25, -0.2) is 4.39 Å². The summed E-state index contributed by atoms with van der Waals surface area (Å²) < 4.78 is 15.6. The Morgan fingerprint density at radius 3 is 2.35 bits per heavy atom. The Hall–Kier alpha value is -3.51. The van der Waals surface area contributed by atoms with Crippen molar-refractivity contribution in [3.63, 3.8) is 0 Å². The average Bonchev–Trinajstić information content (AvgIpc) is 3.40. The molecule has 154 valence electrons. The van der Waals surface area contributed by atoms with Crippen molar-refractivity contribution >= 4 is 23.0 Å². The van der Waals surface area contributed by atoms with Gasteiger partial charge in [0.2, 0.25) is 0 Å². The summed E-state index contributed by atoms with van der Waals surface area (Å²) >= 11 is 5.79. The summed E-state index contributed by atoms with van der Waals surface area (Å²) in [6, 6.07) is 24.6. The Kier molecular flexibility index (Phi) is 5.00. The van der Waals surface area contributed by atoms with Gasteiger partial charge in [0.25, 0.3) is 0 Å². The minimum atomic E-state index is -0.256. The second kappa shape index (κ2) is 7.96. The third-order valence-electron chi connectivity index (χ3n) is 5.60. The van der Waals surface area contributed by atoms with Crippen LogP contribution in [0.5, 0.6) is 0 Å². The van der Waals surface area contributed by atoms with Crippen molar-refractivity contribution in [3.05, 3.63) is 114 Å². The normalized spacial score (nSPS) is 18.3.